The van der Waals surface area contributed by atoms with Crippen LogP contribution in [0, 0.1) is 0 Å². The summed E-state index contributed by atoms with van der Waals surface area (Å²) in [7, 11) is 1.63. The fourth-order valence-electron chi connectivity index (χ4n) is 3.47. The van der Waals surface area contributed by atoms with Gasteiger partial charge in [0.05, 0.1) is 11.3 Å². The van der Waals surface area contributed by atoms with Crippen molar-refractivity contribution in [2.75, 3.05) is 31.6 Å². The molecule has 162 valence electrons. The van der Waals surface area contributed by atoms with Gasteiger partial charge < -0.3 is 30.1 Å². The van der Waals surface area contributed by atoms with Crippen LogP contribution < -0.4 is 20.1 Å². The molecular formula is C20H30ClN3O5. The Morgan fingerprint density at radius 3 is 2.59 bits per heavy atom. The van der Waals surface area contributed by atoms with E-state index in [-0.39, 0.29) is 30.8 Å². The molecule has 0 bridgehead atoms. The standard InChI is InChI=1S/C20H29N3O5.ClH/c1-19(2,18(25)23-9-7-20(3,26)8-10-23)28-13-5-6-16-15(11-13)22(4)17(24)14(21)12-27-16;/h5-6,11,14,26H,7-10,12,21H2,1-4H3;1H/t14-;/m0./s1. The summed E-state index contributed by atoms with van der Waals surface area (Å²) in [6.45, 7) is 6.32. The quantitative estimate of drug-likeness (QED) is 0.753. The van der Waals surface area contributed by atoms with Crippen LogP contribution in [0.3, 0.4) is 0 Å². The number of likely N-dealkylation sites (N-methyl/N-ethyl adjacent to an activating group) is 1. The van der Waals surface area contributed by atoms with E-state index in [0.717, 1.165) is 0 Å². The summed E-state index contributed by atoms with van der Waals surface area (Å²) in [5, 5.41) is 10.1. The van der Waals surface area contributed by atoms with Crippen LogP contribution in [-0.2, 0) is 9.59 Å². The lowest BCUT2D eigenvalue weighted by atomic mass is 9.92. The van der Waals surface area contributed by atoms with Crippen molar-refractivity contribution >= 4 is 29.9 Å². The summed E-state index contributed by atoms with van der Waals surface area (Å²) in [4.78, 5) is 28.4. The monoisotopic (exact) mass is 427 g/mol. The third kappa shape index (κ3) is 4.94. The van der Waals surface area contributed by atoms with Crippen molar-refractivity contribution in [3.05, 3.63) is 18.2 Å². The van der Waals surface area contributed by atoms with Gasteiger partial charge in [0.2, 0.25) is 5.91 Å². The fourth-order valence-corrected chi connectivity index (χ4v) is 3.47. The molecule has 0 spiro atoms. The topological polar surface area (TPSA) is 105 Å². The molecule has 1 atom stereocenters. The van der Waals surface area contributed by atoms with Crippen LogP contribution in [0.4, 0.5) is 5.69 Å². The Morgan fingerprint density at radius 1 is 1.34 bits per heavy atom. The summed E-state index contributed by atoms with van der Waals surface area (Å²) in [6, 6.07) is 4.38. The van der Waals surface area contributed by atoms with Gasteiger partial charge in [-0.15, -0.1) is 12.4 Å². The zero-order chi connectivity index (χ0) is 20.7. The predicted octanol–water partition coefficient (Wildman–Crippen LogP) is 1.32. The zero-order valence-corrected chi connectivity index (χ0v) is 18.1. The Morgan fingerprint density at radius 2 is 1.97 bits per heavy atom. The second-order valence-electron chi connectivity index (χ2n) is 8.35. The van der Waals surface area contributed by atoms with Crippen molar-refractivity contribution in [1.29, 1.82) is 0 Å². The number of nitrogens with zero attached hydrogens (tertiary/aromatic N) is 2. The molecule has 1 fully saturated rings. The van der Waals surface area contributed by atoms with Crippen molar-refractivity contribution in [3.8, 4) is 11.5 Å². The highest BCUT2D eigenvalue weighted by molar-refractivity contribution is 5.98. The summed E-state index contributed by atoms with van der Waals surface area (Å²) in [5.74, 6) is 0.616. The van der Waals surface area contributed by atoms with Gasteiger partial charge in [0.25, 0.3) is 5.91 Å². The van der Waals surface area contributed by atoms with Crippen molar-refractivity contribution in [2.45, 2.75) is 50.9 Å². The molecule has 0 radical (unpaired) electrons. The smallest absolute Gasteiger partial charge is 0.266 e. The average Bonchev–Trinajstić information content (AvgIpc) is 2.73. The molecule has 3 rings (SSSR count). The molecule has 2 aliphatic rings. The molecule has 2 aliphatic heterocycles. The minimum Gasteiger partial charge on any atom is -0.489 e. The summed E-state index contributed by atoms with van der Waals surface area (Å²) in [5.41, 5.74) is 4.54. The van der Waals surface area contributed by atoms with E-state index >= 15 is 0 Å². The highest BCUT2D eigenvalue weighted by Gasteiger charge is 2.38. The van der Waals surface area contributed by atoms with Gasteiger partial charge >= 0.3 is 0 Å². The first-order chi connectivity index (χ1) is 13.0. The van der Waals surface area contributed by atoms with Crippen LogP contribution in [0.1, 0.15) is 33.6 Å². The van der Waals surface area contributed by atoms with E-state index in [1.54, 1.807) is 50.9 Å². The molecule has 1 aromatic rings. The summed E-state index contributed by atoms with van der Waals surface area (Å²) >= 11 is 0. The molecule has 0 unspecified atom stereocenters. The molecule has 8 nitrogen and oxygen atoms in total. The van der Waals surface area contributed by atoms with Gasteiger partial charge in [-0.05, 0) is 45.7 Å². The Balaban J connectivity index is 0.00000300. The number of aliphatic hydroxyl groups is 1. The second-order valence-corrected chi connectivity index (χ2v) is 8.35. The van der Waals surface area contributed by atoms with Crippen molar-refractivity contribution in [1.82, 2.24) is 4.90 Å². The number of nitrogens with two attached hydrogens (primary N) is 1. The number of hydrogen-bond acceptors (Lipinski definition) is 6. The number of amides is 2. The maximum atomic E-state index is 13.0. The molecular weight excluding hydrogens is 398 g/mol. The number of halogens is 1. The maximum Gasteiger partial charge on any atom is 0.266 e. The highest BCUT2D eigenvalue weighted by Crippen LogP contribution is 2.35. The van der Waals surface area contributed by atoms with E-state index in [0.29, 0.717) is 43.1 Å². The molecule has 1 aromatic carbocycles. The Hall–Kier alpha value is -2.03. The summed E-state index contributed by atoms with van der Waals surface area (Å²) in [6.07, 6.45) is 1.08. The first-order valence-corrected chi connectivity index (χ1v) is 9.51. The van der Waals surface area contributed by atoms with Crippen LogP contribution in [-0.4, -0.2) is 65.8 Å². The van der Waals surface area contributed by atoms with E-state index in [1.165, 1.54) is 4.90 Å². The predicted molar refractivity (Wildman–Crippen MR) is 112 cm³/mol. The third-order valence-corrected chi connectivity index (χ3v) is 5.37. The van der Waals surface area contributed by atoms with E-state index in [4.69, 9.17) is 15.2 Å². The van der Waals surface area contributed by atoms with Gasteiger partial charge in [-0.1, -0.05) is 0 Å². The lowest BCUT2D eigenvalue weighted by Gasteiger charge is -2.39. The minimum absolute atomic E-state index is 0. The molecule has 29 heavy (non-hydrogen) atoms. The molecule has 0 aliphatic carbocycles. The zero-order valence-electron chi connectivity index (χ0n) is 17.3. The van der Waals surface area contributed by atoms with Crippen LogP contribution in [0.2, 0.25) is 0 Å². The molecule has 9 heteroatoms. The lowest BCUT2D eigenvalue weighted by Crippen LogP contribution is -2.53. The van der Waals surface area contributed by atoms with Gasteiger partial charge in [-0.2, -0.15) is 0 Å². The molecule has 1 saturated heterocycles. The SMILES string of the molecule is CN1C(=O)[C@@H](N)COc2ccc(OC(C)(C)C(=O)N3CCC(C)(O)CC3)cc21.Cl. The first kappa shape index (κ1) is 23.3. The largest absolute Gasteiger partial charge is 0.489 e. The van der Waals surface area contributed by atoms with Crippen molar-refractivity contribution in [2.24, 2.45) is 5.73 Å². The lowest BCUT2D eigenvalue weighted by molar-refractivity contribution is -0.149. The normalized spacial score (nSPS) is 21.4. The van der Waals surface area contributed by atoms with E-state index in [1.807, 2.05) is 0 Å². The number of carbonyl (C=O) groups excluding carboxylic acids is 2. The van der Waals surface area contributed by atoms with Crippen LogP contribution in [0.25, 0.3) is 0 Å². The Bertz CT molecular complexity index is 773. The van der Waals surface area contributed by atoms with Crippen LogP contribution in [0.15, 0.2) is 18.2 Å². The van der Waals surface area contributed by atoms with Crippen LogP contribution >= 0.6 is 12.4 Å². The van der Waals surface area contributed by atoms with Gasteiger partial charge in [0.15, 0.2) is 5.60 Å². The number of anilines is 1. The number of rotatable bonds is 3. The maximum absolute atomic E-state index is 13.0. The van der Waals surface area contributed by atoms with Crippen LogP contribution in [0.5, 0.6) is 11.5 Å². The molecule has 0 aromatic heterocycles. The number of benzene rings is 1. The molecule has 2 amide bonds. The number of carbonyl (C=O) groups is 2. The number of hydrogen-bond donors (Lipinski definition) is 2. The third-order valence-electron chi connectivity index (χ3n) is 5.37. The van der Waals surface area contributed by atoms with Gasteiger partial charge in [-0.25, -0.2) is 0 Å². The number of fused-ring (bicyclic) bond motifs is 1. The van der Waals surface area contributed by atoms with Gasteiger partial charge in [-0.3, -0.25) is 9.59 Å². The highest BCUT2D eigenvalue weighted by atomic mass is 35.5. The fraction of sp³-hybridized carbons (Fsp3) is 0.600. The van der Waals surface area contributed by atoms with Gasteiger partial charge in [0.1, 0.15) is 24.1 Å². The number of piperidine rings is 1. The van der Waals surface area contributed by atoms with E-state index < -0.39 is 17.2 Å². The Kier molecular flexibility index (Phi) is 6.71. The van der Waals surface area contributed by atoms with Gasteiger partial charge in [0, 0.05) is 26.2 Å². The first-order valence-electron chi connectivity index (χ1n) is 9.51. The van der Waals surface area contributed by atoms with Crippen molar-refractivity contribution < 1.29 is 24.2 Å². The molecule has 0 saturated carbocycles. The van der Waals surface area contributed by atoms with E-state index in [2.05, 4.69) is 0 Å². The van der Waals surface area contributed by atoms with E-state index in [9.17, 15) is 14.7 Å². The Labute approximate surface area is 177 Å². The minimum atomic E-state index is -1.10. The molecule has 3 N–H and O–H groups in total. The number of ether oxygens (including phenoxy) is 2. The average molecular weight is 428 g/mol. The van der Waals surface area contributed by atoms with Crippen molar-refractivity contribution in [3.63, 3.8) is 0 Å². The summed E-state index contributed by atoms with van der Waals surface area (Å²) < 4.78 is 11.6. The second kappa shape index (κ2) is 8.38. The molecule has 2 heterocycles. The number of likely N-dealkylation sites (tertiary alicyclic amines) is 1.